The fourth-order valence-electron chi connectivity index (χ4n) is 2.17. The maximum Gasteiger partial charge on any atom is 0.0882 e. The molecule has 2 N–H and O–H groups in total. The van der Waals surface area contributed by atoms with E-state index >= 15 is 0 Å². The van der Waals surface area contributed by atoms with Crippen molar-refractivity contribution in [1.29, 1.82) is 0 Å². The Balaban J connectivity index is 2.21. The first kappa shape index (κ1) is 12.0. The summed E-state index contributed by atoms with van der Waals surface area (Å²) in [5, 5.41) is 1.31. The van der Waals surface area contributed by atoms with Gasteiger partial charge >= 0.3 is 0 Å². The third-order valence-corrected chi connectivity index (χ3v) is 3.28. The van der Waals surface area contributed by atoms with Gasteiger partial charge < -0.3 is 9.74 Å². The van der Waals surface area contributed by atoms with Crippen LogP contribution in [-0.2, 0) is 4.84 Å². The van der Waals surface area contributed by atoms with E-state index < -0.39 is 0 Å². The fourth-order valence-corrected chi connectivity index (χ4v) is 2.68. The van der Waals surface area contributed by atoms with Crippen molar-refractivity contribution < 1.29 is 4.84 Å². The molecule has 16 heavy (non-hydrogen) atoms. The summed E-state index contributed by atoms with van der Waals surface area (Å²) in [6, 6.07) is 5.89. The molecule has 1 unspecified atom stereocenters. The van der Waals surface area contributed by atoms with Crippen LogP contribution in [-0.4, -0.2) is 19.2 Å². The Morgan fingerprint density at radius 3 is 2.62 bits per heavy atom. The molecule has 88 valence electrons. The topological polar surface area (TPSA) is 38.5 Å². The molecule has 0 saturated carbocycles. The highest BCUT2D eigenvalue weighted by Gasteiger charge is 2.25. The quantitative estimate of drug-likeness (QED) is 0.850. The van der Waals surface area contributed by atoms with Crippen LogP contribution in [0.5, 0.6) is 0 Å². The lowest BCUT2D eigenvalue weighted by molar-refractivity contribution is 0.124. The summed E-state index contributed by atoms with van der Waals surface area (Å²) in [7, 11) is 0. The van der Waals surface area contributed by atoms with Gasteiger partial charge in [0.25, 0.3) is 0 Å². The molecule has 1 aromatic carbocycles. The minimum absolute atomic E-state index is 0.319. The summed E-state index contributed by atoms with van der Waals surface area (Å²) in [5.74, 6) is 5.13. The van der Waals surface area contributed by atoms with E-state index in [0.29, 0.717) is 22.7 Å². The molecule has 0 aromatic heterocycles. The van der Waals surface area contributed by atoms with Gasteiger partial charge in [-0.3, -0.25) is 0 Å². The van der Waals surface area contributed by atoms with E-state index in [-0.39, 0.29) is 0 Å². The maximum absolute atomic E-state index is 5.99. The molecule has 1 heterocycles. The van der Waals surface area contributed by atoms with Crippen molar-refractivity contribution in [2.45, 2.75) is 18.9 Å². The molecular weight excluding hydrogens is 247 g/mol. The van der Waals surface area contributed by atoms with Crippen LogP contribution in [0, 0.1) is 0 Å². The Morgan fingerprint density at radius 1 is 1.31 bits per heavy atom. The van der Waals surface area contributed by atoms with Crippen LogP contribution < -0.4 is 10.8 Å². The van der Waals surface area contributed by atoms with E-state index in [1.807, 2.05) is 12.1 Å². The number of nitrogens with two attached hydrogens (primary N) is 1. The number of hydrogen-bond acceptors (Lipinski definition) is 3. The van der Waals surface area contributed by atoms with Gasteiger partial charge in [0.2, 0.25) is 0 Å². The molecule has 0 bridgehead atoms. The fraction of sp³-hybridized carbons (Fsp3) is 0.455. The summed E-state index contributed by atoms with van der Waals surface area (Å²) in [4.78, 5) is 6.97. The average Bonchev–Trinajstić information content (AvgIpc) is 2.65. The van der Waals surface area contributed by atoms with Crippen molar-refractivity contribution in [2.75, 3.05) is 18.1 Å². The molecule has 0 amide bonds. The molecule has 1 fully saturated rings. The first-order valence-electron chi connectivity index (χ1n) is 5.25. The molecule has 5 heteroatoms. The van der Waals surface area contributed by atoms with Gasteiger partial charge in [0.1, 0.15) is 0 Å². The minimum atomic E-state index is 0.319. The second-order valence-electron chi connectivity index (χ2n) is 3.95. The Labute approximate surface area is 105 Å². The predicted molar refractivity (Wildman–Crippen MR) is 67.0 cm³/mol. The van der Waals surface area contributed by atoms with Gasteiger partial charge in [-0.1, -0.05) is 23.2 Å². The molecule has 1 aliphatic heterocycles. The van der Waals surface area contributed by atoms with Gasteiger partial charge in [-0.15, -0.1) is 0 Å². The van der Waals surface area contributed by atoms with Crippen LogP contribution in [0.4, 0.5) is 5.69 Å². The average molecular weight is 261 g/mol. The zero-order valence-electron chi connectivity index (χ0n) is 8.83. The molecule has 0 aliphatic carbocycles. The van der Waals surface area contributed by atoms with Crippen LogP contribution in [0.2, 0.25) is 10.0 Å². The van der Waals surface area contributed by atoms with Crippen molar-refractivity contribution in [3.63, 3.8) is 0 Å². The zero-order chi connectivity index (χ0) is 11.5. The van der Waals surface area contributed by atoms with E-state index in [4.69, 9.17) is 33.9 Å². The number of benzene rings is 1. The molecule has 0 spiro atoms. The van der Waals surface area contributed by atoms with Gasteiger partial charge in [-0.25, -0.2) is 5.90 Å². The zero-order valence-corrected chi connectivity index (χ0v) is 10.3. The van der Waals surface area contributed by atoms with E-state index in [1.165, 1.54) is 0 Å². The molecule has 1 atom stereocenters. The lowest BCUT2D eigenvalue weighted by Gasteiger charge is -2.26. The third kappa shape index (κ3) is 2.61. The SMILES string of the molecule is NOCC1CCCN1c1cc(Cl)cc(Cl)c1. The van der Waals surface area contributed by atoms with Crippen LogP contribution in [0.15, 0.2) is 18.2 Å². The highest BCUT2D eigenvalue weighted by molar-refractivity contribution is 6.35. The monoisotopic (exact) mass is 260 g/mol. The summed E-state index contributed by atoms with van der Waals surface area (Å²) in [6.45, 7) is 1.52. The summed E-state index contributed by atoms with van der Waals surface area (Å²) in [5.41, 5.74) is 1.04. The Morgan fingerprint density at radius 2 is 2.00 bits per heavy atom. The number of anilines is 1. The molecule has 1 saturated heterocycles. The van der Waals surface area contributed by atoms with Crippen molar-refractivity contribution in [2.24, 2.45) is 5.90 Å². The highest BCUT2D eigenvalue weighted by Crippen LogP contribution is 2.30. The highest BCUT2D eigenvalue weighted by atomic mass is 35.5. The lowest BCUT2D eigenvalue weighted by atomic mass is 10.2. The Bertz CT molecular complexity index is 353. The summed E-state index contributed by atoms with van der Waals surface area (Å²) < 4.78 is 0. The van der Waals surface area contributed by atoms with Gasteiger partial charge in [0.15, 0.2) is 0 Å². The van der Waals surface area contributed by atoms with E-state index in [1.54, 1.807) is 6.07 Å². The van der Waals surface area contributed by atoms with Crippen LogP contribution in [0.1, 0.15) is 12.8 Å². The van der Waals surface area contributed by atoms with Crippen LogP contribution in [0.25, 0.3) is 0 Å². The Hall–Kier alpha value is -0.480. The standard InChI is InChI=1S/C11H14Cl2N2O/c12-8-4-9(13)6-11(5-8)15-3-1-2-10(15)7-16-14/h4-6,10H,1-3,7,14H2. The molecule has 1 aliphatic rings. The molecular formula is C11H14Cl2N2O. The molecule has 3 nitrogen and oxygen atoms in total. The van der Waals surface area contributed by atoms with Crippen molar-refractivity contribution in [3.05, 3.63) is 28.2 Å². The largest absolute Gasteiger partial charge is 0.366 e. The normalized spacial score (nSPS) is 20.4. The second kappa shape index (κ2) is 5.23. The summed E-state index contributed by atoms with van der Waals surface area (Å²) in [6.07, 6.45) is 2.22. The van der Waals surface area contributed by atoms with E-state index in [0.717, 1.165) is 25.1 Å². The Kier molecular flexibility index (Phi) is 3.92. The number of halogens is 2. The van der Waals surface area contributed by atoms with Crippen LogP contribution in [0.3, 0.4) is 0 Å². The van der Waals surface area contributed by atoms with E-state index in [9.17, 15) is 0 Å². The summed E-state index contributed by atoms with van der Waals surface area (Å²) >= 11 is 12.0. The molecule has 2 rings (SSSR count). The van der Waals surface area contributed by atoms with E-state index in [2.05, 4.69) is 4.90 Å². The first-order valence-corrected chi connectivity index (χ1v) is 6.00. The number of rotatable bonds is 3. The van der Waals surface area contributed by atoms with Gasteiger partial charge in [0.05, 0.1) is 12.6 Å². The molecule has 1 aromatic rings. The number of hydrogen-bond donors (Lipinski definition) is 1. The first-order chi connectivity index (χ1) is 7.70. The van der Waals surface area contributed by atoms with Crippen LogP contribution >= 0.6 is 23.2 Å². The van der Waals surface area contributed by atoms with Gasteiger partial charge in [-0.05, 0) is 31.0 Å². The van der Waals surface area contributed by atoms with Gasteiger partial charge in [-0.2, -0.15) is 0 Å². The van der Waals surface area contributed by atoms with Crippen molar-refractivity contribution in [1.82, 2.24) is 0 Å². The second-order valence-corrected chi connectivity index (χ2v) is 4.82. The molecule has 0 radical (unpaired) electrons. The van der Waals surface area contributed by atoms with Crippen molar-refractivity contribution in [3.8, 4) is 0 Å². The minimum Gasteiger partial charge on any atom is -0.366 e. The maximum atomic E-state index is 5.99. The third-order valence-electron chi connectivity index (χ3n) is 2.84. The van der Waals surface area contributed by atoms with Crippen molar-refractivity contribution >= 4 is 28.9 Å². The lowest BCUT2D eigenvalue weighted by Crippen LogP contribution is -2.33. The predicted octanol–water partition coefficient (Wildman–Crippen LogP) is 2.85. The number of nitrogens with zero attached hydrogens (tertiary/aromatic N) is 1. The van der Waals surface area contributed by atoms with Gasteiger partial charge in [0, 0.05) is 22.3 Å². The smallest absolute Gasteiger partial charge is 0.0882 e.